The second kappa shape index (κ2) is 23.2. The van der Waals surface area contributed by atoms with Crippen LogP contribution in [0, 0.1) is 51.7 Å². The molecule has 0 saturated carbocycles. The van der Waals surface area contributed by atoms with Crippen molar-refractivity contribution < 1.29 is 45.8 Å². The number of fused-ring (bicyclic) bond motifs is 16. The van der Waals surface area contributed by atoms with Crippen molar-refractivity contribution in [1.82, 2.24) is 0 Å². The maximum atomic E-state index is 12.7. The number of benzene rings is 9. The number of nitro groups is 1. The quantitative estimate of drug-likeness (QED) is 0.0607. The minimum absolute atomic E-state index is 0.00489. The molecule has 1 aliphatic rings. The number of nitro benzene ring substituents is 1. The Morgan fingerprint density at radius 3 is 0.724 bits per heavy atom. The maximum absolute atomic E-state index is 12.7. The summed E-state index contributed by atoms with van der Waals surface area (Å²) in [7, 11) is 0. The average Bonchev–Trinajstić information content (AvgIpc) is 0.997. The lowest BCUT2D eigenvalue weighted by Crippen LogP contribution is -2.13. The van der Waals surface area contributed by atoms with Crippen molar-refractivity contribution in [2.45, 2.75) is 145 Å². The molecule has 1 aliphatic carbocycles. The van der Waals surface area contributed by atoms with Crippen LogP contribution < -0.4 is 0 Å². The zero-order valence-corrected chi connectivity index (χ0v) is 51.9. The molecule has 11 nitrogen and oxygen atoms in total. The van der Waals surface area contributed by atoms with Gasteiger partial charge >= 0.3 is 0 Å². The summed E-state index contributed by atoms with van der Waals surface area (Å²) in [5.74, 6) is -0.921. The van der Waals surface area contributed by atoms with Crippen LogP contribution in [0.5, 0.6) is 46.0 Å². The summed E-state index contributed by atoms with van der Waals surface area (Å²) >= 11 is 0. The second-order valence-corrected chi connectivity index (χ2v) is 26.8. The fourth-order valence-electron chi connectivity index (χ4n) is 13.0. The molecule has 8 N–H and O–H groups in total. The lowest BCUT2D eigenvalue weighted by molar-refractivity contribution is -0.384. The highest BCUT2D eigenvalue weighted by Crippen LogP contribution is 2.47. The molecular formula is C76H79NO10. The van der Waals surface area contributed by atoms with Crippen molar-refractivity contribution >= 4 is 5.69 Å². The van der Waals surface area contributed by atoms with Gasteiger partial charge in [0.05, 0.1) is 4.92 Å². The van der Waals surface area contributed by atoms with Crippen LogP contribution in [0.15, 0.2) is 121 Å². The van der Waals surface area contributed by atoms with Crippen LogP contribution >= 0.6 is 0 Å². The van der Waals surface area contributed by atoms with Crippen molar-refractivity contribution in [2.75, 3.05) is 0 Å². The van der Waals surface area contributed by atoms with Crippen LogP contribution in [0.4, 0.5) is 5.69 Å². The zero-order chi connectivity index (χ0) is 62.9. The molecular weight excluding hydrogens is 1090 g/mol. The van der Waals surface area contributed by atoms with Crippen molar-refractivity contribution in [3.05, 3.63) is 271 Å². The van der Waals surface area contributed by atoms with Gasteiger partial charge in [0.2, 0.25) is 0 Å². The molecule has 0 spiro atoms. The molecule has 11 heteroatoms. The van der Waals surface area contributed by atoms with Gasteiger partial charge in [0.25, 0.3) is 5.69 Å². The van der Waals surface area contributed by atoms with Crippen molar-refractivity contribution in [3.63, 3.8) is 0 Å². The number of aryl methyl sites for hydroxylation is 6. The highest BCUT2D eigenvalue weighted by Gasteiger charge is 2.30. The van der Waals surface area contributed by atoms with Crippen molar-refractivity contribution in [2.24, 2.45) is 0 Å². The summed E-state index contributed by atoms with van der Waals surface area (Å²) in [5.41, 5.74) is 15.2. The molecule has 0 saturated heterocycles. The van der Waals surface area contributed by atoms with E-state index in [-0.39, 0.29) is 107 Å². The number of rotatable bonds is 2. The SMILES string of the molecule is Cc1cc2c(O)c(c1)Cc1cc(C(C)(C)C)cc(c1O)Cc1cc(C)cc(c1O)Cc1cc(C)cc(c1O)C(c1ccc([N+](=O)[O-])cc1)c1cc(C)cc(c1O)Cc1cc(C)cc(c1O)Cc1cc(C(C)(C)C)cc(c1O)Cc1cc(C)cc(c1O)C2. The average molecular weight is 1170 g/mol. The molecule has 9 aromatic carbocycles. The van der Waals surface area contributed by atoms with Gasteiger partial charge in [0.15, 0.2) is 0 Å². The molecule has 0 amide bonds. The fourth-order valence-corrected chi connectivity index (χ4v) is 13.0. The third-order valence-electron chi connectivity index (χ3n) is 17.4. The highest BCUT2D eigenvalue weighted by atomic mass is 16.6. The molecule has 0 unspecified atom stereocenters. The van der Waals surface area contributed by atoms with Crippen LogP contribution in [-0.4, -0.2) is 45.8 Å². The Morgan fingerprint density at radius 2 is 0.517 bits per heavy atom. The first-order chi connectivity index (χ1) is 40.9. The Labute approximate surface area is 510 Å². The van der Waals surface area contributed by atoms with E-state index in [1.165, 1.54) is 12.1 Å². The van der Waals surface area contributed by atoms with Crippen molar-refractivity contribution in [1.29, 1.82) is 0 Å². The molecule has 0 fully saturated rings. The molecule has 448 valence electrons. The van der Waals surface area contributed by atoms with Gasteiger partial charge in [-0.15, -0.1) is 0 Å². The van der Waals surface area contributed by atoms with Crippen molar-refractivity contribution in [3.8, 4) is 46.0 Å². The molecule has 0 aromatic heterocycles. The standard InChI is InChI=1S/C76H79NO10/c1-40-17-47-29-48-18-41(2)22-52(68(48)79)33-58-37-62(76(10,11)12)39-60(72(58)83)35-54-24-43(4)20-50(70(54)81)31-56-26-45(6)28-65(74(56)85)66(46-13-15-63(16-14-46)77(86)87)64-27-44(5)25-55(73(64)84)30-49-19-42(3)23-53(69(49)80)34-59-38-61(75(7,8)9)36-57(71(59)82)32-51(21-40)67(47)78/h13-28,36-39,66,78-85H,29-35H2,1-12H3. The lowest BCUT2D eigenvalue weighted by atomic mass is 9.80. The van der Waals surface area contributed by atoms with Crippen LogP contribution in [-0.2, 0) is 55.8 Å². The molecule has 0 heterocycles. The summed E-state index contributed by atoms with van der Waals surface area (Å²) in [6.45, 7) is 24.1. The van der Waals surface area contributed by atoms with Crippen LogP contribution in [0.2, 0.25) is 0 Å². The molecule has 0 atom stereocenters. The van der Waals surface area contributed by atoms with Gasteiger partial charge in [-0.25, -0.2) is 0 Å². The highest BCUT2D eigenvalue weighted by molar-refractivity contribution is 5.63. The first-order valence-electron chi connectivity index (χ1n) is 29.8. The van der Waals surface area contributed by atoms with Gasteiger partial charge in [0, 0.05) is 74.1 Å². The molecule has 0 radical (unpaired) electrons. The molecule has 10 rings (SSSR count). The normalized spacial score (nSPS) is 13.4. The van der Waals surface area contributed by atoms with Gasteiger partial charge in [-0.1, -0.05) is 184 Å². The lowest BCUT2D eigenvalue weighted by Gasteiger charge is -2.25. The Bertz CT molecular complexity index is 3990. The summed E-state index contributed by atoms with van der Waals surface area (Å²) in [6.07, 6.45) is 0.994. The zero-order valence-electron chi connectivity index (χ0n) is 51.9. The third-order valence-corrected chi connectivity index (χ3v) is 17.4. The first kappa shape index (κ1) is 60.9. The molecule has 0 aliphatic heterocycles. The van der Waals surface area contributed by atoms with E-state index in [4.69, 9.17) is 0 Å². The Morgan fingerprint density at radius 1 is 0.322 bits per heavy atom. The predicted molar refractivity (Wildman–Crippen MR) is 344 cm³/mol. The van der Waals surface area contributed by atoms with Crippen LogP contribution in [0.25, 0.3) is 0 Å². The summed E-state index contributed by atoms with van der Waals surface area (Å²) in [4.78, 5) is 11.5. The van der Waals surface area contributed by atoms with E-state index in [9.17, 15) is 51.0 Å². The van der Waals surface area contributed by atoms with Gasteiger partial charge in [-0.3, -0.25) is 10.1 Å². The minimum Gasteiger partial charge on any atom is -0.507 e. The molecule has 9 aromatic rings. The van der Waals surface area contributed by atoms with E-state index in [1.54, 1.807) is 12.1 Å². The van der Waals surface area contributed by atoms with Gasteiger partial charge in [-0.05, 0) is 147 Å². The third kappa shape index (κ3) is 12.6. The van der Waals surface area contributed by atoms with Gasteiger partial charge in [0.1, 0.15) is 46.0 Å². The molecule has 87 heavy (non-hydrogen) atoms. The van der Waals surface area contributed by atoms with E-state index in [0.717, 1.165) is 44.5 Å². The molecule has 16 bridgehead atoms. The summed E-state index contributed by atoms with van der Waals surface area (Å²) in [6, 6.07) is 36.5. The van der Waals surface area contributed by atoms with Gasteiger partial charge in [-0.2, -0.15) is 0 Å². The number of aromatic hydroxyl groups is 8. The van der Waals surface area contributed by atoms with Crippen LogP contribution in [0.3, 0.4) is 0 Å². The Hall–Kier alpha value is -9.22. The summed E-state index contributed by atoms with van der Waals surface area (Å²) < 4.78 is 0. The minimum atomic E-state index is -0.874. The second-order valence-electron chi connectivity index (χ2n) is 26.8. The Balaban J connectivity index is 1.19. The van der Waals surface area contributed by atoms with E-state index >= 15 is 0 Å². The van der Waals surface area contributed by atoms with E-state index in [2.05, 4.69) is 41.5 Å². The van der Waals surface area contributed by atoms with Crippen LogP contribution in [0.1, 0.15) is 187 Å². The predicted octanol–water partition coefficient (Wildman–Crippen LogP) is 16.3. The van der Waals surface area contributed by atoms with E-state index in [0.29, 0.717) is 94.6 Å². The smallest absolute Gasteiger partial charge is 0.269 e. The largest absolute Gasteiger partial charge is 0.507 e. The maximum Gasteiger partial charge on any atom is 0.269 e. The first-order valence-corrected chi connectivity index (χ1v) is 29.8. The number of phenolic OH excluding ortho intramolecular Hbond substituents is 8. The summed E-state index contributed by atoms with van der Waals surface area (Å²) in [5, 5.41) is 111. The van der Waals surface area contributed by atoms with Gasteiger partial charge < -0.3 is 40.9 Å². The van der Waals surface area contributed by atoms with E-state index in [1.807, 2.05) is 139 Å². The number of non-ortho nitro benzene ring substituents is 1. The Kier molecular flexibility index (Phi) is 16.3. The number of nitrogens with zero attached hydrogens (tertiary/aromatic N) is 1. The number of hydrogen-bond donors (Lipinski definition) is 8. The monoisotopic (exact) mass is 1170 g/mol. The van der Waals surface area contributed by atoms with E-state index < -0.39 is 10.8 Å². The fraction of sp³-hybridized carbons (Fsp3) is 0.289. The number of hydrogen-bond acceptors (Lipinski definition) is 10. The topological polar surface area (TPSA) is 205 Å². The number of phenols is 8.